The van der Waals surface area contributed by atoms with E-state index in [1.165, 1.54) is 24.9 Å². The number of likely N-dealkylation sites (N-methyl/N-ethyl adjacent to an activating group) is 1. The number of cyclic esters (lactones) is 1. The van der Waals surface area contributed by atoms with Crippen molar-refractivity contribution < 1.29 is 58.7 Å². The van der Waals surface area contributed by atoms with Gasteiger partial charge >= 0.3 is 5.97 Å². The minimum Gasteiger partial charge on any atom is -0.459 e. The van der Waals surface area contributed by atoms with Crippen LogP contribution in [0.25, 0.3) is 0 Å². The second-order valence-electron chi connectivity index (χ2n) is 18.1. The number of aliphatic hydroxyl groups excluding tert-OH is 2. The van der Waals surface area contributed by atoms with Gasteiger partial charge in [-0.25, -0.2) is 4.68 Å². The van der Waals surface area contributed by atoms with Crippen LogP contribution in [0.3, 0.4) is 0 Å². The van der Waals surface area contributed by atoms with Crippen molar-refractivity contribution in [2.24, 2.45) is 17.8 Å². The Kier molecular flexibility index (Phi) is 15.8. The Morgan fingerprint density at radius 2 is 1.68 bits per heavy atom. The topological polar surface area (TPSA) is 220 Å². The summed E-state index contributed by atoms with van der Waals surface area (Å²) in [6, 6.07) is -0.902. The number of hydrogen-bond donors (Lipinski definition) is 6. The zero-order chi connectivity index (χ0) is 42.8. The predicted octanol–water partition coefficient (Wildman–Crippen LogP) is 1.22. The first kappa shape index (κ1) is 47.8. The molecular formula is C40H73N5O12. The van der Waals surface area contributed by atoms with E-state index in [1.807, 2.05) is 32.8 Å². The van der Waals surface area contributed by atoms with E-state index in [2.05, 4.69) is 15.6 Å². The molecule has 4 heterocycles. The molecule has 3 aliphatic rings. The van der Waals surface area contributed by atoms with Gasteiger partial charge in [0.2, 0.25) is 0 Å². The molecule has 4 rings (SSSR count). The van der Waals surface area contributed by atoms with E-state index in [9.17, 15) is 30.3 Å². The van der Waals surface area contributed by atoms with Gasteiger partial charge in [0, 0.05) is 37.7 Å². The number of hydrogen-bond acceptors (Lipinski definition) is 16. The van der Waals surface area contributed by atoms with Crippen LogP contribution in [0.1, 0.15) is 94.9 Å². The maximum Gasteiger partial charge on any atom is 0.311 e. The minimum atomic E-state index is -1.83. The molecule has 0 bridgehead atoms. The van der Waals surface area contributed by atoms with Crippen LogP contribution in [0.5, 0.6) is 0 Å². The van der Waals surface area contributed by atoms with Crippen LogP contribution in [0, 0.1) is 17.8 Å². The minimum absolute atomic E-state index is 0.0124. The zero-order valence-corrected chi connectivity index (χ0v) is 36.4. The lowest BCUT2D eigenvalue weighted by Gasteiger charge is -2.53. The molecule has 0 unspecified atom stereocenters. The molecule has 57 heavy (non-hydrogen) atoms. The number of aliphatic hydroxyl groups is 5. The van der Waals surface area contributed by atoms with Crippen molar-refractivity contribution in [1.82, 2.24) is 25.2 Å². The average molecular weight is 816 g/mol. The molecule has 6 N–H and O–H groups in total. The summed E-state index contributed by atoms with van der Waals surface area (Å²) in [5.74, 6) is -2.76. The second-order valence-corrected chi connectivity index (χ2v) is 18.1. The van der Waals surface area contributed by atoms with Crippen molar-refractivity contribution in [3.05, 3.63) is 12.4 Å². The normalized spacial score (nSPS) is 47.2. The Bertz CT molecular complexity index is 1420. The van der Waals surface area contributed by atoms with Crippen LogP contribution < -0.4 is 5.32 Å². The molecule has 0 amide bonds. The molecule has 3 saturated heterocycles. The van der Waals surface area contributed by atoms with Gasteiger partial charge in [0.15, 0.2) is 12.6 Å². The van der Waals surface area contributed by atoms with Crippen molar-refractivity contribution in [2.75, 3.05) is 27.7 Å². The first-order chi connectivity index (χ1) is 26.4. The number of esters is 1. The number of ether oxygens (including phenoxy) is 6. The first-order valence-electron chi connectivity index (χ1n) is 20.6. The van der Waals surface area contributed by atoms with E-state index < -0.39 is 95.5 Å². The number of carbonyl (C=O) groups excluding carboxylic acids is 1. The van der Waals surface area contributed by atoms with Crippen LogP contribution in [0.4, 0.5) is 0 Å². The summed E-state index contributed by atoms with van der Waals surface area (Å²) in [6.07, 6.45) is -4.84. The molecule has 0 radical (unpaired) electrons. The molecule has 1 aromatic heterocycles. The van der Waals surface area contributed by atoms with Crippen LogP contribution >= 0.6 is 0 Å². The van der Waals surface area contributed by atoms with Gasteiger partial charge in [-0.15, -0.1) is 5.10 Å². The van der Waals surface area contributed by atoms with Gasteiger partial charge in [-0.1, -0.05) is 26.0 Å². The number of aromatic nitrogens is 3. The largest absolute Gasteiger partial charge is 0.459 e. The maximum atomic E-state index is 14.3. The summed E-state index contributed by atoms with van der Waals surface area (Å²) in [6.45, 7) is 17.8. The summed E-state index contributed by atoms with van der Waals surface area (Å²) in [5, 5.41) is 70.6. The number of rotatable bonds is 9. The van der Waals surface area contributed by atoms with Crippen LogP contribution in [0.2, 0.25) is 0 Å². The van der Waals surface area contributed by atoms with Crippen LogP contribution in [-0.4, -0.2) is 169 Å². The quantitative estimate of drug-likeness (QED) is 0.193. The molecule has 0 aromatic carbocycles. The number of methoxy groups -OCH3 is 1. The van der Waals surface area contributed by atoms with Crippen LogP contribution in [0.15, 0.2) is 12.4 Å². The van der Waals surface area contributed by atoms with Crippen molar-refractivity contribution in [2.45, 2.75) is 191 Å². The maximum absolute atomic E-state index is 14.3. The Balaban J connectivity index is 1.80. The fourth-order valence-corrected chi connectivity index (χ4v) is 9.28. The lowest BCUT2D eigenvalue weighted by atomic mass is 9.75. The van der Waals surface area contributed by atoms with Crippen molar-refractivity contribution in [1.29, 1.82) is 0 Å². The zero-order valence-electron chi connectivity index (χ0n) is 36.4. The summed E-state index contributed by atoms with van der Waals surface area (Å²) in [4.78, 5) is 16.3. The third-order valence-corrected chi connectivity index (χ3v) is 13.1. The summed E-state index contributed by atoms with van der Waals surface area (Å²) < 4.78 is 39.8. The fourth-order valence-electron chi connectivity index (χ4n) is 9.28. The molecule has 17 heteroatoms. The highest BCUT2D eigenvalue weighted by Gasteiger charge is 2.59. The lowest BCUT2D eigenvalue weighted by molar-refractivity contribution is -0.340. The Morgan fingerprint density at radius 3 is 2.26 bits per heavy atom. The molecular weight excluding hydrogens is 742 g/mol. The highest BCUT2D eigenvalue weighted by Crippen LogP contribution is 2.44. The Labute approximate surface area is 338 Å². The fraction of sp³-hybridized carbons (Fsp3) is 0.925. The van der Waals surface area contributed by atoms with E-state index in [-0.39, 0.29) is 43.9 Å². The summed E-state index contributed by atoms with van der Waals surface area (Å²) in [5.41, 5.74) is -6.25. The molecule has 0 aliphatic carbocycles. The van der Waals surface area contributed by atoms with E-state index in [0.717, 1.165) is 0 Å². The third kappa shape index (κ3) is 10.4. The average Bonchev–Trinajstić information content (AvgIpc) is 3.65. The van der Waals surface area contributed by atoms with E-state index in [1.54, 1.807) is 54.7 Å². The van der Waals surface area contributed by atoms with E-state index >= 15 is 0 Å². The predicted molar refractivity (Wildman–Crippen MR) is 209 cm³/mol. The molecule has 330 valence electrons. The van der Waals surface area contributed by atoms with Crippen molar-refractivity contribution >= 4 is 5.97 Å². The van der Waals surface area contributed by atoms with Crippen molar-refractivity contribution in [3.8, 4) is 0 Å². The molecule has 18 atom stereocenters. The lowest BCUT2D eigenvalue weighted by Crippen LogP contribution is -2.68. The highest BCUT2D eigenvalue weighted by molar-refractivity contribution is 5.73. The van der Waals surface area contributed by atoms with Crippen molar-refractivity contribution in [3.63, 3.8) is 0 Å². The summed E-state index contributed by atoms with van der Waals surface area (Å²) >= 11 is 0. The van der Waals surface area contributed by atoms with Gasteiger partial charge in [-0.2, -0.15) is 0 Å². The Hall–Kier alpha value is -1.87. The van der Waals surface area contributed by atoms with Crippen LogP contribution in [-0.2, 0) is 39.8 Å². The number of nitrogens with zero attached hydrogens (tertiary/aromatic N) is 4. The van der Waals surface area contributed by atoms with Gasteiger partial charge in [-0.05, 0) is 94.3 Å². The standard InChI is InChI=1S/C40H73N5O12/c1-14-29-39(10,50)33(47)26(6)41-20-22(2)18-37(8,49)34(57-36-31(46)28(44(11)12)17-23(3)53-36)24(4)32(25(5)35(48)55-29)56-30-19-38(9,52-13)40(51,27(7)54-30)21-45-16-15-42-43-45/h15-16,22-34,36,41,46-47,49-51H,14,17-21H2,1-13H3/t22-,23-,24+,25-,26-,27+,28+,29-,30+,31-,32+,33-,34-,36+,37+,38-,39-,40-/m1/s1. The number of nitrogens with one attached hydrogen (secondary N) is 1. The molecule has 17 nitrogen and oxygen atoms in total. The smallest absolute Gasteiger partial charge is 0.311 e. The molecule has 3 fully saturated rings. The molecule has 1 aromatic rings. The molecule has 3 aliphatic heterocycles. The van der Waals surface area contributed by atoms with Gasteiger partial charge in [0.05, 0.1) is 48.7 Å². The highest BCUT2D eigenvalue weighted by atomic mass is 16.7. The van der Waals surface area contributed by atoms with Gasteiger partial charge in [0.1, 0.15) is 35.1 Å². The Morgan fingerprint density at radius 1 is 1.02 bits per heavy atom. The number of carbonyl (C=O) groups is 1. The second kappa shape index (κ2) is 18.8. The van der Waals surface area contributed by atoms with E-state index in [0.29, 0.717) is 13.0 Å². The van der Waals surface area contributed by atoms with Gasteiger partial charge < -0.3 is 64.2 Å². The third-order valence-electron chi connectivity index (χ3n) is 13.1. The monoisotopic (exact) mass is 816 g/mol. The first-order valence-corrected chi connectivity index (χ1v) is 20.6. The van der Waals surface area contributed by atoms with Gasteiger partial charge in [-0.3, -0.25) is 4.79 Å². The molecule has 0 saturated carbocycles. The molecule has 0 spiro atoms. The van der Waals surface area contributed by atoms with Gasteiger partial charge in [0.25, 0.3) is 0 Å². The summed E-state index contributed by atoms with van der Waals surface area (Å²) in [7, 11) is 5.25. The van der Waals surface area contributed by atoms with E-state index in [4.69, 9.17) is 28.4 Å². The SMILES string of the molecule is CC[C@H]1OC(=O)[C@H](C)[C@@H](O[C@H]2C[C@@](C)(OC)[C@@](O)(Cn3ccnn3)[C@H](C)O2)[C@H](C)[C@@H](O[C@@H]2O[C@H](C)C[C@H](N(C)C)[C@H]2O)[C@@](C)(O)C[C@@H](C)CN[C@H](C)[C@@H](O)[C@]1(C)O.